The molecule has 20 heavy (non-hydrogen) atoms. The van der Waals surface area contributed by atoms with Crippen molar-refractivity contribution in [1.82, 2.24) is 4.98 Å². The summed E-state index contributed by atoms with van der Waals surface area (Å²) in [5.74, 6) is -3.78. The van der Waals surface area contributed by atoms with Crippen molar-refractivity contribution >= 4 is 29.1 Å². The molecule has 1 aromatic heterocycles. The van der Waals surface area contributed by atoms with Crippen molar-refractivity contribution in [2.24, 2.45) is 5.92 Å². The maximum atomic E-state index is 12.3. The molecule has 1 aliphatic rings. The average molecular weight is 291 g/mol. The molecule has 100 valence electrons. The summed E-state index contributed by atoms with van der Waals surface area (Å²) in [6.45, 7) is 0. The number of carbonyl (C=O) groups is 3. The summed E-state index contributed by atoms with van der Waals surface area (Å²) in [6.07, 6.45) is 2.55. The van der Waals surface area contributed by atoms with E-state index in [0.717, 1.165) is 7.11 Å². The molecule has 0 fully saturated rings. The fraction of sp³-hybridized carbons (Fsp3) is 0.154. The highest BCUT2D eigenvalue weighted by Crippen LogP contribution is 2.32. The molecular weight excluding hydrogens is 284 g/mol. The van der Waals surface area contributed by atoms with Gasteiger partial charge in [0.25, 0.3) is 0 Å². The van der Waals surface area contributed by atoms with Crippen molar-refractivity contribution in [1.29, 1.82) is 5.26 Å². The molecule has 7 heteroatoms. The molecule has 0 saturated heterocycles. The number of fused-ring (bicyclic) bond motifs is 1. The Morgan fingerprint density at radius 2 is 2.10 bits per heavy atom. The van der Waals surface area contributed by atoms with Crippen LogP contribution in [0.2, 0.25) is 0 Å². The average Bonchev–Trinajstić information content (AvgIpc) is 2.48. The van der Waals surface area contributed by atoms with Gasteiger partial charge >= 0.3 is 5.97 Å². The number of pyridine rings is 1. The van der Waals surface area contributed by atoms with Gasteiger partial charge in [0.05, 0.1) is 29.3 Å². The van der Waals surface area contributed by atoms with E-state index >= 15 is 0 Å². The summed E-state index contributed by atoms with van der Waals surface area (Å²) in [5.41, 5.74) is -0.244. The summed E-state index contributed by atoms with van der Waals surface area (Å²) in [4.78, 5) is 39.7. The molecule has 2 rings (SSSR count). The van der Waals surface area contributed by atoms with Crippen molar-refractivity contribution in [2.75, 3.05) is 7.11 Å². The Bertz CT molecular complexity index is 703. The predicted molar refractivity (Wildman–Crippen MR) is 66.9 cm³/mol. The maximum Gasteiger partial charge on any atom is 0.327 e. The predicted octanol–water partition coefficient (Wildman–Crippen LogP) is 1.27. The zero-order chi connectivity index (χ0) is 14.9. The van der Waals surface area contributed by atoms with Gasteiger partial charge in [0.2, 0.25) is 5.78 Å². The SMILES string of the molecule is COC(=O)C(C#N)C1=C(Cl)C(=O)c2cnccc2C1=O. The molecule has 6 nitrogen and oxygen atoms in total. The summed E-state index contributed by atoms with van der Waals surface area (Å²) >= 11 is 5.85. The van der Waals surface area contributed by atoms with Crippen molar-refractivity contribution < 1.29 is 19.1 Å². The zero-order valence-corrected chi connectivity index (χ0v) is 11.0. The first kappa shape index (κ1) is 13.9. The number of ketones is 2. The number of Topliss-reactive ketones (excluding diaryl/α,β-unsaturated/α-hetero) is 2. The quantitative estimate of drug-likeness (QED) is 0.761. The molecule has 0 spiro atoms. The Hall–Kier alpha value is -2.52. The number of nitriles is 1. The van der Waals surface area contributed by atoms with Crippen LogP contribution in [0, 0.1) is 17.2 Å². The lowest BCUT2D eigenvalue weighted by molar-refractivity contribution is -0.142. The van der Waals surface area contributed by atoms with Gasteiger partial charge in [-0.3, -0.25) is 19.4 Å². The first-order chi connectivity index (χ1) is 9.52. The minimum absolute atomic E-state index is 0.0489. The van der Waals surface area contributed by atoms with Crippen LogP contribution in [0.5, 0.6) is 0 Å². The van der Waals surface area contributed by atoms with E-state index in [-0.39, 0.29) is 16.7 Å². The number of methoxy groups -OCH3 is 1. The number of hydrogen-bond acceptors (Lipinski definition) is 6. The number of nitrogens with zero attached hydrogens (tertiary/aromatic N) is 2. The molecule has 1 atom stereocenters. The number of allylic oxidation sites excluding steroid dienone is 1. The minimum atomic E-state index is -1.54. The molecule has 0 aromatic carbocycles. The maximum absolute atomic E-state index is 12.3. The Kier molecular flexibility index (Phi) is 3.63. The second kappa shape index (κ2) is 5.23. The van der Waals surface area contributed by atoms with E-state index in [9.17, 15) is 14.4 Å². The van der Waals surface area contributed by atoms with Gasteiger partial charge in [0.1, 0.15) is 0 Å². The van der Waals surface area contributed by atoms with E-state index in [2.05, 4.69) is 9.72 Å². The van der Waals surface area contributed by atoms with Crippen molar-refractivity contribution in [2.45, 2.75) is 0 Å². The highest BCUT2D eigenvalue weighted by molar-refractivity contribution is 6.50. The number of hydrogen-bond donors (Lipinski definition) is 0. The summed E-state index contributed by atoms with van der Waals surface area (Å²) in [5, 5.41) is 8.58. The van der Waals surface area contributed by atoms with Crippen LogP contribution in [0.3, 0.4) is 0 Å². The van der Waals surface area contributed by atoms with E-state index < -0.39 is 28.5 Å². The van der Waals surface area contributed by atoms with Crippen molar-refractivity contribution in [3.8, 4) is 6.07 Å². The lowest BCUT2D eigenvalue weighted by Crippen LogP contribution is -2.28. The standard InChI is InChI=1S/C13H7ClN2O4/c1-20-13(19)7(4-15)9-10(14)12(18)8-5-16-3-2-6(8)11(9)17/h2-3,5,7H,1H3. The van der Waals surface area contributed by atoms with Gasteiger partial charge in [-0.05, 0) is 6.07 Å². The topological polar surface area (TPSA) is 97.1 Å². The number of rotatable bonds is 2. The van der Waals surface area contributed by atoms with Gasteiger partial charge < -0.3 is 4.74 Å². The third kappa shape index (κ3) is 1.98. The van der Waals surface area contributed by atoms with E-state index in [1.165, 1.54) is 18.5 Å². The molecule has 0 N–H and O–H groups in total. The number of esters is 1. The Balaban J connectivity index is 2.63. The second-order valence-corrected chi connectivity index (χ2v) is 4.27. The molecule has 1 aromatic rings. The van der Waals surface area contributed by atoms with Gasteiger partial charge in [-0.1, -0.05) is 11.6 Å². The highest BCUT2D eigenvalue weighted by atomic mass is 35.5. The van der Waals surface area contributed by atoms with E-state index in [1.807, 2.05) is 0 Å². The van der Waals surface area contributed by atoms with Crippen LogP contribution >= 0.6 is 11.6 Å². The fourth-order valence-electron chi connectivity index (χ4n) is 1.87. The summed E-state index contributed by atoms with van der Waals surface area (Å²) < 4.78 is 4.45. The Morgan fingerprint density at radius 1 is 1.40 bits per heavy atom. The van der Waals surface area contributed by atoms with E-state index in [0.29, 0.717) is 0 Å². The smallest absolute Gasteiger partial charge is 0.327 e. The van der Waals surface area contributed by atoms with Crippen LogP contribution in [-0.4, -0.2) is 29.6 Å². The fourth-order valence-corrected chi connectivity index (χ4v) is 2.17. The van der Waals surface area contributed by atoms with E-state index in [4.69, 9.17) is 16.9 Å². The lowest BCUT2D eigenvalue weighted by Gasteiger charge is -2.19. The van der Waals surface area contributed by atoms with Crippen LogP contribution in [0.25, 0.3) is 0 Å². The molecule has 1 heterocycles. The molecule has 1 unspecified atom stereocenters. The third-order valence-electron chi connectivity index (χ3n) is 2.85. The van der Waals surface area contributed by atoms with Gasteiger partial charge in [-0.15, -0.1) is 0 Å². The highest BCUT2D eigenvalue weighted by Gasteiger charge is 2.39. The molecule has 0 amide bonds. The van der Waals surface area contributed by atoms with Crippen LogP contribution in [0.4, 0.5) is 0 Å². The van der Waals surface area contributed by atoms with E-state index in [1.54, 1.807) is 6.07 Å². The number of halogens is 1. The largest absolute Gasteiger partial charge is 0.468 e. The lowest BCUT2D eigenvalue weighted by atomic mass is 9.84. The summed E-state index contributed by atoms with van der Waals surface area (Å²) in [6, 6.07) is 2.97. The summed E-state index contributed by atoms with van der Waals surface area (Å²) in [7, 11) is 1.08. The third-order valence-corrected chi connectivity index (χ3v) is 3.22. The normalized spacial score (nSPS) is 15.4. The number of ether oxygens (including phenoxy) is 1. The zero-order valence-electron chi connectivity index (χ0n) is 10.2. The van der Waals surface area contributed by atoms with Crippen LogP contribution in [0.1, 0.15) is 20.7 Å². The molecule has 0 aliphatic heterocycles. The number of aromatic nitrogens is 1. The Labute approximate surface area is 118 Å². The van der Waals surface area contributed by atoms with Crippen molar-refractivity contribution in [3.05, 3.63) is 40.2 Å². The van der Waals surface area contributed by atoms with Gasteiger partial charge in [-0.25, -0.2) is 0 Å². The minimum Gasteiger partial charge on any atom is -0.468 e. The Morgan fingerprint density at radius 3 is 2.70 bits per heavy atom. The van der Waals surface area contributed by atoms with Gasteiger partial charge in [-0.2, -0.15) is 5.26 Å². The molecule has 0 saturated carbocycles. The van der Waals surface area contributed by atoms with Gasteiger partial charge in [0, 0.05) is 18.0 Å². The van der Waals surface area contributed by atoms with Crippen LogP contribution in [0.15, 0.2) is 29.1 Å². The molecular formula is C13H7ClN2O4. The number of carbonyl (C=O) groups excluding carboxylic acids is 3. The van der Waals surface area contributed by atoms with Crippen LogP contribution < -0.4 is 0 Å². The molecule has 0 bridgehead atoms. The molecule has 1 aliphatic carbocycles. The van der Waals surface area contributed by atoms with Crippen LogP contribution in [-0.2, 0) is 9.53 Å². The first-order valence-corrected chi connectivity index (χ1v) is 5.81. The molecule has 0 radical (unpaired) electrons. The van der Waals surface area contributed by atoms with Gasteiger partial charge in [0.15, 0.2) is 11.7 Å². The second-order valence-electron chi connectivity index (χ2n) is 3.89. The first-order valence-electron chi connectivity index (χ1n) is 5.43. The monoisotopic (exact) mass is 290 g/mol. The van der Waals surface area contributed by atoms with Crippen molar-refractivity contribution in [3.63, 3.8) is 0 Å².